The van der Waals surface area contributed by atoms with Crippen LogP contribution >= 0.6 is 0 Å². The zero-order valence-corrected chi connectivity index (χ0v) is 22.1. The summed E-state index contributed by atoms with van der Waals surface area (Å²) in [4.78, 5) is 50.7. The highest BCUT2D eigenvalue weighted by Crippen LogP contribution is 2.30. The van der Waals surface area contributed by atoms with Crippen molar-refractivity contribution in [3.05, 3.63) is 34.9 Å². The third kappa shape index (κ3) is 6.90. The molecule has 0 aromatic heterocycles. The summed E-state index contributed by atoms with van der Waals surface area (Å²) >= 11 is -1.23. The highest BCUT2D eigenvalue weighted by molar-refractivity contribution is 7.80. The lowest BCUT2D eigenvalue weighted by Crippen LogP contribution is -2.54. The van der Waals surface area contributed by atoms with Crippen LogP contribution in [0.1, 0.15) is 58.4 Å². The lowest BCUT2D eigenvalue weighted by molar-refractivity contribution is -0.136. The number of ether oxygens (including phenoxy) is 2. The first kappa shape index (κ1) is 28.5. The summed E-state index contributed by atoms with van der Waals surface area (Å²) in [5.41, 5.74) is 7.20. The summed E-state index contributed by atoms with van der Waals surface area (Å²) in [6.45, 7) is 3.59. The second-order valence-corrected chi connectivity index (χ2v) is 10.8. The van der Waals surface area contributed by atoms with Gasteiger partial charge in [0.1, 0.15) is 6.04 Å². The number of amides is 4. The molecule has 0 radical (unpaired) electrons. The van der Waals surface area contributed by atoms with Gasteiger partial charge in [-0.2, -0.15) is 0 Å². The molecule has 2 fully saturated rings. The Hall–Kier alpha value is -2.55. The predicted octanol–water partition coefficient (Wildman–Crippen LogP) is -0.355. The summed E-state index contributed by atoms with van der Waals surface area (Å²) in [7, 11) is 0. The van der Waals surface area contributed by atoms with Gasteiger partial charge in [-0.05, 0) is 43.7 Å². The van der Waals surface area contributed by atoms with Crippen LogP contribution in [0.3, 0.4) is 0 Å². The van der Waals surface area contributed by atoms with Gasteiger partial charge in [-0.15, -0.1) is 0 Å². The average molecular weight is 550 g/mol. The minimum absolute atomic E-state index is 0.0852. The summed E-state index contributed by atoms with van der Waals surface area (Å²) < 4.78 is 28.2. The van der Waals surface area contributed by atoms with E-state index >= 15 is 0 Å². The number of benzene rings is 1. The van der Waals surface area contributed by atoms with Crippen LogP contribution in [0.5, 0.6) is 0 Å². The molecular formula is C25H35N5O7S. The molecule has 3 aliphatic rings. The van der Waals surface area contributed by atoms with Crippen molar-refractivity contribution in [1.82, 2.24) is 19.2 Å². The Labute approximate surface area is 224 Å². The summed E-state index contributed by atoms with van der Waals surface area (Å²) in [5, 5.41) is 2.20. The van der Waals surface area contributed by atoms with E-state index in [1.807, 2.05) is 4.31 Å². The number of hydrogen-bond donors (Lipinski definition) is 3. The molecule has 0 bridgehead atoms. The van der Waals surface area contributed by atoms with Gasteiger partial charge in [0.05, 0.1) is 30.9 Å². The number of imide groups is 2. The fourth-order valence-corrected chi connectivity index (χ4v) is 5.80. The minimum atomic E-state index is -1.23. The maximum Gasteiger partial charge on any atom is 0.262 e. The molecule has 4 amide bonds. The zero-order chi connectivity index (χ0) is 27.1. The van der Waals surface area contributed by atoms with Gasteiger partial charge in [0, 0.05) is 38.7 Å². The van der Waals surface area contributed by atoms with Crippen LogP contribution in [0.25, 0.3) is 0 Å². The number of nitrogens with one attached hydrogen (secondary N) is 2. The molecule has 1 aromatic rings. The van der Waals surface area contributed by atoms with Gasteiger partial charge in [0.2, 0.25) is 11.8 Å². The molecule has 3 heterocycles. The van der Waals surface area contributed by atoms with Crippen molar-refractivity contribution in [2.75, 3.05) is 46.1 Å². The Kier molecular flexibility index (Phi) is 10.1. The zero-order valence-electron chi connectivity index (χ0n) is 21.3. The van der Waals surface area contributed by atoms with E-state index in [1.165, 1.54) is 0 Å². The Morgan fingerprint density at radius 2 is 1.74 bits per heavy atom. The van der Waals surface area contributed by atoms with E-state index < -0.39 is 40.8 Å². The van der Waals surface area contributed by atoms with Crippen molar-refractivity contribution in [2.45, 2.75) is 50.6 Å². The molecule has 13 heteroatoms. The largest absolute Gasteiger partial charge is 0.379 e. The first-order valence-electron chi connectivity index (χ1n) is 13.0. The number of aryl methyl sites for hydroxylation is 1. The topological polar surface area (TPSA) is 160 Å². The number of nitrogens with two attached hydrogens (primary N) is 1. The number of carbonyl (C=O) groups excluding carboxylic acids is 4. The van der Waals surface area contributed by atoms with Crippen molar-refractivity contribution in [3.63, 3.8) is 0 Å². The Bertz CT molecular complexity index is 1080. The smallest absolute Gasteiger partial charge is 0.262 e. The van der Waals surface area contributed by atoms with Gasteiger partial charge in [-0.25, -0.2) is 13.2 Å². The fraction of sp³-hybridized carbons (Fsp3) is 0.600. The van der Waals surface area contributed by atoms with Gasteiger partial charge in [-0.3, -0.25) is 29.4 Å². The molecule has 4 rings (SSSR count). The predicted molar refractivity (Wildman–Crippen MR) is 138 cm³/mol. The molecule has 0 aliphatic carbocycles. The maximum absolute atomic E-state index is 13.1. The molecule has 1 aromatic carbocycles. The molecule has 38 heavy (non-hydrogen) atoms. The van der Waals surface area contributed by atoms with Crippen LogP contribution in [-0.4, -0.2) is 95.2 Å². The van der Waals surface area contributed by atoms with Crippen molar-refractivity contribution in [3.8, 4) is 0 Å². The Balaban J connectivity index is 1.13. The lowest BCUT2D eigenvalue weighted by Gasteiger charge is -2.28. The number of carbonyl (C=O) groups is 4. The SMILES string of the molecule is NC1CCN(S(=O)NCCOCCOCCCc2cccc3c2C(=O)N(C2CCC(=O)NC2=O)C3=O)CC1. The van der Waals surface area contributed by atoms with E-state index in [0.717, 1.165) is 36.4 Å². The monoisotopic (exact) mass is 549 g/mol. The maximum atomic E-state index is 13.1. The molecule has 2 atom stereocenters. The van der Waals surface area contributed by atoms with Crippen molar-refractivity contribution in [1.29, 1.82) is 0 Å². The Morgan fingerprint density at radius 3 is 2.47 bits per heavy atom. The highest BCUT2D eigenvalue weighted by atomic mass is 32.2. The number of piperidine rings is 2. The number of rotatable bonds is 13. The van der Waals surface area contributed by atoms with Gasteiger partial charge in [0.15, 0.2) is 11.2 Å². The number of hydrogen-bond acceptors (Lipinski definition) is 8. The third-order valence-electron chi connectivity index (χ3n) is 6.87. The van der Waals surface area contributed by atoms with Crippen molar-refractivity contribution < 1.29 is 32.9 Å². The van der Waals surface area contributed by atoms with Crippen LogP contribution in [0, 0.1) is 0 Å². The quantitative estimate of drug-likeness (QED) is 0.222. The molecule has 208 valence electrons. The van der Waals surface area contributed by atoms with E-state index in [9.17, 15) is 23.4 Å². The first-order valence-corrected chi connectivity index (χ1v) is 14.1. The van der Waals surface area contributed by atoms with Crippen molar-refractivity contribution in [2.24, 2.45) is 5.73 Å². The molecule has 12 nitrogen and oxygen atoms in total. The average Bonchev–Trinajstić information content (AvgIpc) is 3.15. The van der Waals surface area contributed by atoms with Gasteiger partial charge in [0.25, 0.3) is 11.8 Å². The van der Waals surface area contributed by atoms with Crippen LogP contribution in [0.2, 0.25) is 0 Å². The molecular weight excluding hydrogens is 514 g/mol. The van der Waals surface area contributed by atoms with Crippen LogP contribution in [0.4, 0.5) is 0 Å². The minimum Gasteiger partial charge on any atom is -0.379 e. The Morgan fingerprint density at radius 1 is 1.00 bits per heavy atom. The van der Waals surface area contributed by atoms with E-state index in [-0.39, 0.29) is 24.4 Å². The summed E-state index contributed by atoms with van der Waals surface area (Å²) in [6.07, 6.45) is 3.08. The fourth-order valence-electron chi connectivity index (χ4n) is 4.81. The van der Waals surface area contributed by atoms with E-state index in [2.05, 4.69) is 10.0 Å². The third-order valence-corrected chi connectivity index (χ3v) is 8.15. The van der Waals surface area contributed by atoms with Crippen LogP contribution < -0.4 is 15.8 Å². The van der Waals surface area contributed by atoms with Crippen molar-refractivity contribution >= 4 is 34.8 Å². The molecule has 2 unspecified atom stereocenters. The lowest BCUT2D eigenvalue weighted by atomic mass is 9.99. The molecule has 3 aliphatic heterocycles. The first-order chi connectivity index (χ1) is 18.4. The normalized spacial score (nSPS) is 21.6. The van der Waals surface area contributed by atoms with E-state index in [0.29, 0.717) is 51.4 Å². The molecule has 4 N–H and O–H groups in total. The van der Waals surface area contributed by atoms with Gasteiger partial charge < -0.3 is 15.2 Å². The van der Waals surface area contributed by atoms with E-state index in [4.69, 9.17) is 15.2 Å². The second-order valence-electron chi connectivity index (χ2n) is 9.53. The van der Waals surface area contributed by atoms with E-state index in [1.54, 1.807) is 18.2 Å². The van der Waals surface area contributed by atoms with Gasteiger partial charge >= 0.3 is 0 Å². The van der Waals surface area contributed by atoms with Crippen LogP contribution in [-0.2, 0) is 36.7 Å². The number of fused-ring (bicyclic) bond motifs is 1. The molecule has 0 spiro atoms. The summed E-state index contributed by atoms with van der Waals surface area (Å²) in [6, 6.07) is 4.34. The highest BCUT2D eigenvalue weighted by Gasteiger charge is 2.45. The molecule has 2 saturated heterocycles. The van der Waals surface area contributed by atoms with Gasteiger partial charge in [-0.1, -0.05) is 12.1 Å². The summed E-state index contributed by atoms with van der Waals surface area (Å²) in [5.74, 6) is -2.03. The van der Waals surface area contributed by atoms with Crippen LogP contribution in [0.15, 0.2) is 18.2 Å². The second kappa shape index (κ2) is 13.5. The number of nitrogens with zero attached hydrogens (tertiary/aromatic N) is 2. The standard InChI is InChI=1S/C25H35N5O7S/c26-18-8-11-29(12-9-18)38(35)27-10-14-37-16-15-36-13-2-4-17-3-1-5-19-22(17)25(34)30(24(19)33)20-6-7-21(31)28-23(20)32/h1,3,5,18,20,27H,2,4,6-16,26H2,(H,28,31,32). The molecule has 0 saturated carbocycles.